The van der Waals surface area contributed by atoms with E-state index in [1.165, 1.54) is 19.2 Å². The summed E-state index contributed by atoms with van der Waals surface area (Å²) in [6.07, 6.45) is -4.56. The fourth-order valence-corrected chi connectivity index (χ4v) is 2.73. The molecule has 0 spiro atoms. The van der Waals surface area contributed by atoms with Crippen molar-refractivity contribution in [1.29, 1.82) is 0 Å². The number of aromatic nitrogens is 3. The summed E-state index contributed by atoms with van der Waals surface area (Å²) in [5.41, 5.74) is 6.58. The molecule has 0 aliphatic heterocycles. The molecule has 0 bridgehead atoms. The van der Waals surface area contributed by atoms with E-state index in [1.54, 1.807) is 24.3 Å². The van der Waals surface area contributed by atoms with Gasteiger partial charge in [0.05, 0.1) is 5.69 Å². The van der Waals surface area contributed by atoms with Crippen LogP contribution in [0.3, 0.4) is 0 Å². The third-order valence-electron chi connectivity index (χ3n) is 3.98. The number of benzene rings is 1. The first kappa shape index (κ1) is 19.7. The number of nitrogens with one attached hydrogen (secondary N) is 1. The number of nitrogen functional groups attached to an aromatic ring is 1. The number of halogens is 4. The summed E-state index contributed by atoms with van der Waals surface area (Å²) in [4.78, 5) is 16.3. The number of alkyl halides is 4. The van der Waals surface area contributed by atoms with Gasteiger partial charge in [-0.2, -0.15) is 18.3 Å². The molecule has 2 heterocycles. The number of nitrogens with zero attached hydrogens (tertiary/aromatic N) is 3. The number of carbonyl (C=O) groups excluding carboxylic acids is 1. The first-order valence-electron chi connectivity index (χ1n) is 8.03. The highest BCUT2D eigenvalue weighted by atomic mass is 35.5. The molecular weight excluding hydrogens is 395 g/mol. The molecule has 28 heavy (non-hydrogen) atoms. The topological polar surface area (TPSA) is 85.8 Å². The molecule has 1 aromatic carbocycles. The predicted molar refractivity (Wildman–Crippen MR) is 99.8 cm³/mol. The molecule has 3 rings (SSSR count). The first-order valence-corrected chi connectivity index (χ1v) is 8.57. The van der Waals surface area contributed by atoms with E-state index >= 15 is 0 Å². The molecule has 0 aliphatic carbocycles. The van der Waals surface area contributed by atoms with E-state index in [0.717, 1.165) is 16.3 Å². The average Bonchev–Trinajstić information content (AvgIpc) is 3.04. The van der Waals surface area contributed by atoms with Crippen LogP contribution in [0.1, 0.15) is 21.6 Å². The van der Waals surface area contributed by atoms with Gasteiger partial charge in [0.2, 0.25) is 0 Å². The number of hydrogen-bond donors (Lipinski definition) is 2. The van der Waals surface area contributed by atoms with Crippen LogP contribution in [0, 0.1) is 0 Å². The lowest BCUT2D eigenvalue weighted by atomic mass is 10.1. The van der Waals surface area contributed by atoms with Crippen LogP contribution in [0.15, 0.2) is 42.5 Å². The number of nitrogens with two attached hydrogens (primary N) is 1. The van der Waals surface area contributed by atoms with Gasteiger partial charge in [-0.15, -0.1) is 11.6 Å². The Balaban J connectivity index is 1.82. The maximum absolute atomic E-state index is 12.8. The molecule has 0 radical (unpaired) electrons. The minimum Gasteiger partial charge on any atom is -0.383 e. The third kappa shape index (κ3) is 4.09. The number of pyridine rings is 1. The fourth-order valence-electron chi connectivity index (χ4n) is 2.55. The van der Waals surface area contributed by atoms with Gasteiger partial charge < -0.3 is 11.1 Å². The molecule has 2 aromatic heterocycles. The van der Waals surface area contributed by atoms with Crippen LogP contribution in [-0.4, -0.2) is 20.7 Å². The van der Waals surface area contributed by atoms with E-state index in [4.69, 9.17) is 17.3 Å². The van der Waals surface area contributed by atoms with Crippen LogP contribution < -0.4 is 11.1 Å². The Morgan fingerprint density at radius 3 is 2.43 bits per heavy atom. The normalized spacial score (nSPS) is 11.5. The van der Waals surface area contributed by atoms with Crippen LogP contribution in [0.25, 0.3) is 11.3 Å². The molecule has 3 aromatic rings. The lowest BCUT2D eigenvalue weighted by Gasteiger charge is -2.09. The third-order valence-corrected chi connectivity index (χ3v) is 4.29. The molecule has 1 amide bonds. The van der Waals surface area contributed by atoms with E-state index in [2.05, 4.69) is 15.4 Å². The monoisotopic (exact) mass is 409 g/mol. The molecular formula is C18H15ClF3N5O. The van der Waals surface area contributed by atoms with Crippen molar-refractivity contribution in [2.45, 2.75) is 12.1 Å². The van der Waals surface area contributed by atoms with Crippen molar-refractivity contribution in [2.24, 2.45) is 7.05 Å². The van der Waals surface area contributed by atoms with E-state index in [1.807, 2.05) is 0 Å². The number of hydrogen-bond acceptors (Lipinski definition) is 4. The van der Waals surface area contributed by atoms with E-state index in [-0.39, 0.29) is 22.9 Å². The smallest absolute Gasteiger partial charge is 0.383 e. The van der Waals surface area contributed by atoms with Crippen LogP contribution in [0.4, 0.5) is 24.8 Å². The summed E-state index contributed by atoms with van der Waals surface area (Å²) >= 11 is 5.72. The Morgan fingerprint density at radius 1 is 1.21 bits per heavy atom. The van der Waals surface area contributed by atoms with Gasteiger partial charge in [-0.25, -0.2) is 4.98 Å². The van der Waals surface area contributed by atoms with Crippen LogP contribution >= 0.6 is 11.6 Å². The summed E-state index contributed by atoms with van der Waals surface area (Å²) < 4.78 is 39.6. The van der Waals surface area contributed by atoms with Crippen LogP contribution in [0.2, 0.25) is 0 Å². The van der Waals surface area contributed by atoms with Gasteiger partial charge >= 0.3 is 6.18 Å². The van der Waals surface area contributed by atoms with Crippen molar-refractivity contribution in [3.8, 4) is 11.3 Å². The molecule has 0 saturated heterocycles. The quantitative estimate of drug-likeness (QED) is 0.636. The zero-order valence-electron chi connectivity index (χ0n) is 14.6. The van der Waals surface area contributed by atoms with Gasteiger partial charge in [-0.3, -0.25) is 9.48 Å². The van der Waals surface area contributed by atoms with Crippen LogP contribution in [-0.2, 0) is 19.1 Å². The molecule has 0 fully saturated rings. The van der Waals surface area contributed by atoms with E-state index < -0.39 is 17.8 Å². The molecule has 10 heteroatoms. The zero-order valence-corrected chi connectivity index (χ0v) is 15.3. The maximum atomic E-state index is 12.8. The Labute approximate surface area is 163 Å². The van der Waals surface area contributed by atoms with E-state index in [0.29, 0.717) is 11.4 Å². The number of amides is 1. The van der Waals surface area contributed by atoms with Crippen molar-refractivity contribution in [2.75, 3.05) is 11.1 Å². The van der Waals surface area contributed by atoms with Gasteiger partial charge in [0.1, 0.15) is 11.6 Å². The van der Waals surface area contributed by atoms with Crippen molar-refractivity contribution in [3.05, 3.63) is 59.3 Å². The number of anilines is 2. The first-order chi connectivity index (χ1) is 13.2. The Bertz CT molecular complexity index is 1020. The summed E-state index contributed by atoms with van der Waals surface area (Å²) in [7, 11) is 1.38. The highest BCUT2D eigenvalue weighted by Crippen LogP contribution is 2.33. The SMILES string of the molecule is Cn1nc(C(F)(F)F)cc1-c1ccc(NC(=O)c2ccc(CCl)cc2)nc1N. The van der Waals surface area contributed by atoms with Crippen molar-refractivity contribution >= 4 is 29.1 Å². The maximum Gasteiger partial charge on any atom is 0.435 e. The Morgan fingerprint density at radius 2 is 1.89 bits per heavy atom. The number of carbonyl (C=O) groups is 1. The molecule has 0 unspecified atom stereocenters. The Kier molecular flexibility index (Phi) is 5.28. The van der Waals surface area contributed by atoms with Gasteiger partial charge in [-0.1, -0.05) is 12.1 Å². The second-order valence-electron chi connectivity index (χ2n) is 5.95. The summed E-state index contributed by atoms with van der Waals surface area (Å²) in [6, 6.07) is 10.5. The molecule has 6 nitrogen and oxygen atoms in total. The second-order valence-corrected chi connectivity index (χ2v) is 6.22. The lowest BCUT2D eigenvalue weighted by Crippen LogP contribution is -2.13. The molecule has 0 atom stereocenters. The fraction of sp³-hybridized carbons (Fsp3) is 0.167. The number of rotatable bonds is 4. The van der Waals surface area contributed by atoms with Gasteiger partial charge in [-0.05, 0) is 35.9 Å². The van der Waals surface area contributed by atoms with Crippen molar-refractivity contribution in [3.63, 3.8) is 0 Å². The average molecular weight is 410 g/mol. The summed E-state index contributed by atoms with van der Waals surface area (Å²) in [5.74, 6) is 0.0736. The largest absolute Gasteiger partial charge is 0.435 e. The zero-order chi connectivity index (χ0) is 20.5. The minimum absolute atomic E-state index is 0.0352. The second kappa shape index (κ2) is 7.51. The molecule has 0 aliphatic rings. The standard InChI is InChI=1S/C18H15ClF3N5O/c1-27-13(8-14(26-27)18(20,21)22)12-6-7-15(24-16(12)23)25-17(28)11-4-2-10(9-19)3-5-11/h2-8H,9H2,1H3,(H3,23,24,25,28). The summed E-state index contributed by atoms with van der Waals surface area (Å²) in [5, 5.41) is 6.05. The minimum atomic E-state index is -4.56. The lowest BCUT2D eigenvalue weighted by molar-refractivity contribution is -0.141. The summed E-state index contributed by atoms with van der Waals surface area (Å²) in [6.45, 7) is 0. The van der Waals surface area contributed by atoms with Gasteiger partial charge in [0, 0.05) is 24.1 Å². The van der Waals surface area contributed by atoms with Crippen molar-refractivity contribution in [1.82, 2.24) is 14.8 Å². The molecule has 0 saturated carbocycles. The van der Waals surface area contributed by atoms with E-state index in [9.17, 15) is 18.0 Å². The predicted octanol–water partition coefficient (Wildman–Crippen LogP) is 4.07. The van der Waals surface area contributed by atoms with Crippen LogP contribution in [0.5, 0.6) is 0 Å². The van der Waals surface area contributed by atoms with Gasteiger partial charge in [0.25, 0.3) is 5.91 Å². The number of aryl methyl sites for hydroxylation is 1. The highest BCUT2D eigenvalue weighted by molar-refractivity contribution is 6.17. The van der Waals surface area contributed by atoms with Gasteiger partial charge in [0.15, 0.2) is 5.69 Å². The molecule has 146 valence electrons. The van der Waals surface area contributed by atoms with Crippen molar-refractivity contribution < 1.29 is 18.0 Å². The molecule has 3 N–H and O–H groups in total. The Hall–Kier alpha value is -3.07. The highest BCUT2D eigenvalue weighted by Gasteiger charge is 2.35.